The van der Waals surface area contributed by atoms with Gasteiger partial charge in [0.15, 0.2) is 6.10 Å². The number of carbonyl (C=O) groups excluding carboxylic acids is 3. The van der Waals surface area contributed by atoms with Crippen molar-refractivity contribution in [3.8, 4) is 0 Å². The first-order valence-electron chi connectivity index (χ1n) is 21.8. The molecule has 0 aromatic rings. The minimum atomic E-state index is -0.815. The molecule has 0 fully saturated rings. The zero-order valence-electron chi connectivity index (χ0n) is 35.1. The maximum absolute atomic E-state index is 12.7. The normalized spacial score (nSPS) is 13.0. The van der Waals surface area contributed by atoms with Gasteiger partial charge in [0.1, 0.15) is 13.2 Å². The van der Waals surface area contributed by atoms with Gasteiger partial charge in [-0.2, -0.15) is 0 Å². The minimum absolute atomic E-state index is 0.112. The number of hydrogen-bond donors (Lipinski definition) is 0. The summed E-state index contributed by atoms with van der Waals surface area (Å²) in [6.07, 6.45) is 55.4. The second-order valence-electron chi connectivity index (χ2n) is 14.0. The first-order valence-corrected chi connectivity index (χ1v) is 21.8. The third-order valence-electron chi connectivity index (χ3n) is 8.68. The van der Waals surface area contributed by atoms with E-state index < -0.39 is 6.10 Å². The van der Waals surface area contributed by atoms with Crippen LogP contribution in [-0.2, 0) is 28.6 Å². The average molecular weight is 763 g/mol. The summed E-state index contributed by atoms with van der Waals surface area (Å²) in [6, 6.07) is 0. The summed E-state index contributed by atoms with van der Waals surface area (Å²) in [5.74, 6) is -1.03. The molecule has 6 nitrogen and oxygen atoms in total. The van der Waals surface area contributed by atoms with Crippen LogP contribution < -0.4 is 0 Å². The van der Waals surface area contributed by atoms with Crippen LogP contribution in [0.1, 0.15) is 175 Å². The molecule has 310 valence electrons. The second kappa shape index (κ2) is 43.1. The third kappa shape index (κ3) is 41.3. The maximum atomic E-state index is 12.7. The van der Waals surface area contributed by atoms with Crippen LogP contribution >= 0.6 is 0 Å². The predicted molar refractivity (Wildman–Crippen MR) is 233 cm³/mol. The number of allylic oxidation sites excluding steroid dienone is 16. The molecule has 0 aromatic carbocycles. The number of hydrogen-bond acceptors (Lipinski definition) is 6. The summed E-state index contributed by atoms with van der Waals surface area (Å²) in [5.41, 5.74) is 0. The highest BCUT2D eigenvalue weighted by atomic mass is 16.6. The van der Waals surface area contributed by atoms with E-state index in [1.807, 2.05) is 54.7 Å². The molecule has 0 radical (unpaired) electrons. The standard InChI is InChI=1S/C49H78O6/c1-4-7-10-13-16-19-22-25-28-30-33-36-39-42-48(51)54-45-46(55-49(52)43-40-37-34-31-27-24-21-18-15-12-9-6-3)44-53-47(50)41-38-35-32-29-26-23-20-17-14-11-8-5-2/h7,9-10,12-13,16-22,25,28,30,33,46H,4-6,8,11,14-15,23-24,26-27,29,31-32,34-45H2,1-3H3/b10-7-,12-9-,16-13-,20-17-,21-18-,22-19-,28-25-,33-30-. The van der Waals surface area contributed by atoms with Gasteiger partial charge in [-0.15, -0.1) is 0 Å². The lowest BCUT2D eigenvalue weighted by Gasteiger charge is -2.18. The summed E-state index contributed by atoms with van der Waals surface area (Å²) >= 11 is 0. The molecular weight excluding hydrogens is 685 g/mol. The van der Waals surface area contributed by atoms with Crippen LogP contribution in [-0.4, -0.2) is 37.2 Å². The lowest BCUT2D eigenvalue weighted by molar-refractivity contribution is -0.167. The third-order valence-corrected chi connectivity index (χ3v) is 8.68. The molecule has 0 aliphatic heterocycles. The Morgan fingerprint density at radius 2 is 0.818 bits per heavy atom. The predicted octanol–water partition coefficient (Wildman–Crippen LogP) is 13.9. The van der Waals surface area contributed by atoms with E-state index in [0.29, 0.717) is 19.3 Å². The molecule has 1 atom stereocenters. The topological polar surface area (TPSA) is 78.9 Å². The summed E-state index contributed by atoms with van der Waals surface area (Å²) in [7, 11) is 0. The number of ether oxygens (including phenoxy) is 3. The molecule has 0 rings (SSSR count). The van der Waals surface area contributed by atoms with Gasteiger partial charge < -0.3 is 14.2 Å². The van der Waals surface area contributed by atoms with Gasteiger partial charge in [-0.05, 0) is 83.5 Å². The number of unbranched alkanes of at least 4 members (excludes halogenated alkanes) is 14. The maximum Gasteiger partial charge on any atom is 0.306 e. The van der Waals surface area contributed by atoms with E-state index in [1.54, 1.807) is 0 Å². The molecule has 1 unspecified atom stereocenters. The van der Waals surface area contributed by atoms with E-state index in [-0.39, 0.29) is 37.5 Å². The SMILES string of the molecule is CC\C=C/C=C\C=C/C=C\C=C/CCCC(=O)OCC(COC(=O)CCCCCCC/C=C\CCCCC)OC(=O)CCCCCCC/C=C\C/C=C\CC. The van der Waals surface area contributed by atoms with Gasteiger partial charge in [0.25, 0.3) is 0 Å². The van der Waals surface area contributed by atoms with Crippen molar-refractivity contribution < 1.29 is 28.6 Å². The van der Waals surface area contributed by atoms with Gasteiger partial charge in [-0.1, -0.05) is 169 Å². The Hall–Kier alpha value is -3.67. The first-order chi connectivity index (χ1) is 27.0. The smallest absolute Gasteiger partial charge is 0.306 e. The van der Waals surface area contributed by atoms with Crippen LogP contribution in [0.3, 0.4) is 0 Å². The van der Waals surface area contributed by atoms with Gasteiger partial charge in [0.2, 0.25) is 0 Å². The molecule has 0 saturated carbocycles. The van der Waals surface area contributed by atoms with Crippen molar-refractivity contribution in [1.82, 2.24) is 0 Å². The molecule has 0 aliphatic rings. The van der Waals surface area contributed by atoms with Crippen molar-refractivity contribution in [3.05, 3.63) is 97.2 Å². The molecule has 0 saturated heterocycles. The Morgan fingerprint density at radius 3 is 1.38 bits per heavy atom. The van der Waals surface area contributed by atoms with Gasteiger partial charge in [-0.25, -0.2) is 0 Å². The van der Waals surface area contributed by atoms with Gasteiger partial charge in [0.05, 0.1) is 0 Å². The summed E-state index contributed by atoms with van der Waals surface area (Å²) in [6.45, 7) is 6.24. The molecule has 0 amide bonds. The first kappa shape index (κ1) is 51.3. The van der Waals surface area contributed by atoms with E-state index in [0.717, 1.165) is 96.3 Å². The lowest BCUT2D eigenvalue weighted by Crippen LogP contribution is -2.30. The zero-order chi connectivity index (χ0) is 40.1. The van der Waals surface area contributed by atoms with Crippen LogP contribution in [0.2, 0.25) is 0 Å². The molecule has 6 heteroatoms. The second-order valence-corrected chi connectivity index (χ2v) is 14.0. The summed E-state index contributed by atoms with van der Waals surface area (Å²) < 4.78 is 16.6. The van der Waals surface area contributed by atoms with Crippen molar-refractivity contribution in [1.29, 1.82) is 0 Å². The average Bonchev–Trinajstić information content (AvgIpc) is 3.18. The highest BCUT2D eigenvalue weighted by Crippen LogP contribution is 2.12. The Morgan fingerprint density at radius 1 is 0.400 bits per heavy atom. The van der Waals surface area contributed by atoms with E-state index in [4.69, 9.17) is 14.2 Å². The summed E-state index contributed by atoms with van der Waals surface area (Å²) in [4.78, 5) is 37.6. The molecule has 0 heterocycles. The number of carbonyl (C=O) groups is 3. The van der Waals surface area contributed by atoms with Crippen molar-refractivity contribution in [2.75, 3.05) is 13.2 Å². The van der Waals surface area contributed by atoms with Gasteiger partial charge >= 0.3 is 17.9 Å². The van der Waals surface area contributed by atoms with E-state index in [1.165, 1.54) is 32.1 Å². The number of rotatable bonds is 37. The lowest BCUT2D eigenvalue weighted by atomic mass is 10.1. The minimum Gasteiger partial charge on any atom is -0.462 e. The van der Waals surface area contributed by atoms with E-state index in [9.17, 15) is 14.4 Å². The van der Waals surface area contributed by atoms with Crippen LogP contribution in [0.25, 0.3) is 0 Å². The van der Waals surface area contributed by atoms with Crippen LogP contribution in [0.5, 0.6) is 0 Å². The molecular formula is C49H78O6. The monoisotopic (exact) mass is 763 g/mol. The molecule has 55 heavy (non-hydrogen) atoms. The molecule has 0 N–H and O–H groups in total. The van der Waals surface area contributed by atoms with Crippen molar-refractivity contribution in [2.24, 2.45) is 0 Å². The Bertz CT molecular complexity index is 1150. The van der Waals surface area contributed by atoms with Crippen molar-refractivity contribution in [3.63, 3.8) is 0 Å². The van der Waals surface area contributed by atoms with Crippen LogP contribution in [0.15, 0.2) is 97.2 Å². The quantitative estimate of drug-likeness (QED) is 0.0206. The highest BCUT2D eigenvalue weighted by Gasteiger charge is 2.19. The fourth-order valence-corrected chi connectivity index (χ4v) is 5.44. The van der Waals surface area contributed by atoms with Crippen LogP contribution in [0.4, 0.5) is 0 Å². The zero-order valence-corrected chi connectivity index (χ0v) is 35.1. The van der Waals surface area contributed by atoms with E-state index >= 15 is 0 Å². The van der Waals surface area contributed by atoms with Crippen molar-refractivity contribution >= 4 is 17.9 Å². The Labute approximate surface area is 337 Å². The molecule has 0 aromatic heterocycles. The van der Waals surface area contributed by atoms with E-state index in [2.05, 4.69) is 63.3 Å². The Balaban J connectivity index is 4.55. The fraction of sp³-hybridized carbons (Fsp3) is 0.612. The fourth-order valence-electron chi connectivity index (χ4n) is 5.44. The van der Waals surface area contributed by atoms with Crippen LogP contribution in [0, 0.1) is 0 Å². The van der Waals surface area contributed by atoms with Gasteiger partial charge in [0, 0.05) is 19.3 Å². The Kier molecular flexibility index (Phi) is 40.2. The summed E-state index contributed by atoms with van der Waals surface area (Å²) in [5, 5.41) is 0. The highest BCUT2D eigenvalue weighted by molar-refractivity contribution is 5.71. The van der Waals surface area contributed by atoms with Crippen molar-refractivity contribution in [2.45, 2.75) is 181 Å². The largest absolute Gasteiger partial charge is 0.462 e. The van der Waals surface area contributed by atoms with Gasteiger partial charge in [-0.3, -0.25) is 14.4 Å². The number of esters is 3. The molecule has 0 bridgehead atoms. The molecule has 0 aliphatic carbocycles. The molecule has 0 spiro atoms.